The normalized spacial score (nSPS) is 11.9. The molecule has 0 aliphatic rings. The van der Waals surface area contributed by atoms with Crippen molar-refractivity contribution in [3.8, 4) is 17.1 Å². The first kappa shape index (κ1) is 15.5. The first-order valence-corrected chi connectivity index (χ1v) is 9.66. The smallest absolute Gasteiger partial charge is 0.165 e. The fourth-order valence-corrected chi connectivity index (χ4v) is 3.55. The number of hydrogen-bond acceptors (Lipinski definition) is 5. The Morgan fingerprint density at radius 3 is 2.60 bits per heavy atom. The predicted molar refractivity (Wildman–Crippen MR) is 94.1 cm³/mol. The topological polar surface area (TPSA) is 82.1 Å². The number of nitrogens with zero attached hydrogens (tertiary/aromatic N) is 5. The van der Waals surface area contributed by atoms with Crippen LogP contribution >= 0.6 is 0 Å². The minimum atomic E-state index is -3.05. The first-order chi connectivity index (χ1) is 12.0. The summed E-state index contributed by atoms with van der Waals surface area (Å²) in [5, 5.41) is 4.30. The summed E-state index contributed by atoms with van der Waals surface area (Å²) in [6.45, 7) is 0. The second kappa shape index (κ2) is 5.82. The summed E-state index contributed by atoms with van der Waals surface area (Å²) in [7, 11) is -3.05. The molecule has 0 unspecified atom stereocenters. The second-order valence-corrected chi connectivity index (χ2v) is 7.94. The maximum absolute atomic E-state index is 11.4. The van der Waals surface area contributed by atoms with Crippen LogP contribution in [-0.4, -0.2) is 38.8 Å². The van der Waals surface area contributed by atoms with Gasteiger partial charge in [-0.3, -0.25) is 4.57 Å². The van der Waals surface area contributed by atoms with E-state index in [1.54, 1.807) is 23.1 Å². The maximum Gasteiger partial charge on any atom is 0.165 e. The van der Waals surface area contributed by atoms with Gasteiger partial charge in [-0.15, -0.1) is 0 Å². The van der Waals surface area contributed by atoms with Crippen molar-refractivity contribution in [2.75, 3.05) is 6.26 Å². The van der Waals surface area contributed by atoms with Gasteiger partial charge in [-0.2, -0.15) is 5.10 Å². The fourth-order valence-electron chi connectivity index (χ4n) is 2.75. The lowest BCUT2D eigenvalue weighted by molar-refractivity contribution is 0.601. The van der Waals surface area contributed by atoms with E-state index in [2.05, 4.69) is 15.1 Å². The Bertz CT molecular complexity index is 1140. The molecule has 126 valence electrons. The van der Waals surface area contributed by atoms with Crippen LogP contribution in [0.4, 0.5) is 0 Å². The molecule has 1 aromatic carbocycles. The van der Waals surface area contributed by atoms with Crippen LogP contribution in [0.15, 0.2) is 61.3 Å². The summed E-state index contributed by atoms with van der Waals surface area (Å²) >= 11 is 0. The van der Waals surface area contributed by atoms with Crippen molar-refractivity contribution >= 4 is 15.5 Å². The molecule has 0 aliphatic heterocycles. The van der Waals surface area contributed by atoms with Gasteiger partial charge in [-0.25, -0.2) is 22.9 Å². The summed E-state index contributed by atoms with van der Waals surface area (Å²) in [4.78, 5) is 8.81. The van der Waals surface area contributed by atoms with Gasteiger partial charge in [0.1, 0.15) is 5.82 Å². The molecule has 7 nitrogen and oxygen atoms in total. The highest BCUT2D eigenvalue weighted by molar-refractivity contribution is 7.89. The summed E-state index contributed by atoms with van der Waals surface area (Å²) < 4.78 is 26.5. The largest absolute Gasteiger partial charge is 0.300 e. The van der Waals surface area contributed by atoms with E-state index < -0.39 is 9.84 Å². The Morgan fingerprint density at radius 2 is 1.84 bits per heavy atom. The van der Waals surface area contributed by atoms with Gasteiger partial charge >= 0.3 is 0 Å². The third-order valence-corrected chi connectivity index (χ3v) is 4.66. The lowest BCUT2D eigenvalue weighted by atomic mass is 10.2. The molecule has 0 radical (unpaired) electrons. The van der Waals surface area contributed by atoms with Crippen LogP contribution in [0.5, 0.6) is 0 Å². The Morgan fingerprint density at radius 1 is 1.04 bits per heavy atom. The molecule has 4 aromatic rings. The molecule has 0 saturated heterocycles. The van der Waals surface area contributed by atoms with Gasteiger partial charge in [0, 0.05) is 36.7 Å². The summed E-state index contributed by atoms with van der Waals surface area (Å²) in [6, 6.07) is 9.20. The molecule has 3 aromatic heterocycles. The third-order valence-electron chi connectivity index (χ3n) is 3.80. The Hall–Kier alpha value is -3.00. The molecule has 0 saturated carbocycles. The van der Waals surface area contributed by atoms with Crippen molar-refractivity contribution in [2.45, 2.75) is 5.75 Å². The number of aromatic nitrogens is 5. The monoisotopic (exact) mass is 353 g/mol. The lowest BCUT2D eigenvalue weighted by Gasteiger charge is -2.08. The van der Waals surface area contributed by atoms with E-state index in [1.165, 1.54) is 6.26 Å². The van der Waals surface area contributed by atoms with Crippen molar-refractivity contribution < 1.29 is 8.42 Å². The minimum absolute atomic E-state index is 0.0298. The Balaban J connectivity index is 1.75. The van der Waals surface area contributed by atoms with Crippen molar-refractivity contribution in [1.29, 1.82) is 0 Å². The number of rotatable bonds is 4. The zero-order valence-electron chi connectivity index (χ0n) is 13.4. The maximum atomic E-state index is 11.4. The van der Waals surface area contributed by atoms with Gasteiger partial charge in [-0.1, -0.05) is 12.1 Å². The average molecular weight is 353 g/mol. The summed E-state index contributed by atoms with van der Waals surface area (Å²) in [5.74, 6) is 0.756. The molecule has 0 aliphatic carbocycles. The highest BCUT2D eigenvalue weighted by Gasteiger charge is 2.14. The summed E-state index contributed by atoms with van der Waals surface area (Å²) in [5.41, 5.74) is 3.19. The molecule has 4 rings (SSSR count). The number of sulfone groups is 1. The van der Waals surface area contributed by atoms with E-state index in [9.17, 15) is 8.42 Å². The Labute approximate surface area is 144 Å². The average Bonchev–Trinajstić information content (AvgIpc) is 3.20. The van der Waals surface area contributed by atoms with Crippen molar-refractivity contribution in [3.05, 3.63) is 66.9 Å². The fraction of sp³-hybridized carbons (Fsp3) is 0.118. The minimum Gasteiger partial charge on any atom is -0.300 e. The predicted octanol–water partition coefficient (Wildman–Crippen LogP) is 2.13. The van der Waals surface area contributed by atoms with E-state index in [4.69, 9.17) is 0 Å². The number of hydrogen-bond donors (Lipinski definition) is 0. The quantitative estimate of drug-likeness (QED) is 0.561. The van der Waals surface area contributed by atoms with Gasteiger partial charge in [0.25, 0.3) is 0 Å². The molecule has 25 heavy (non-hydrogen) atoms. The molecule has 0 bridgehead atoms. The van der Waals surface area contributed by atoms with Crippen LogP contribution in [0.2, 0.25) is 0 Å². The van der Waals surface area contributed by atoms with Crippen LogP contribution in [-0.2, 0) is 15.6 Å². The molecule has 0 amide bonds. The third kappa shape index (κ3) is 3.03. The molecule has 0 atom stereocenters. The number of fused-ring (bicyclic) bond motifs is 1. The van der Waals surface area contributed by atoms with E-state index >= 15 is 0 Å². The highest BCUT2D eigenvalue weighted by atomic mass is 32.2. The van der Waals surface area contributed by atoms with Crippen LogP contribution in [0, 0.1) is 0 Å². The van der Waals surface area contributed by atoms with E-state index in [-0.39, 0.29) is 5.75 Å². The first-order valence-electron chi connectivity index (χ1n) is 7.60. The molecule has 8 heteroatoms. The van der Waals surface area contributed by atoms with Gasteiger partial charge in [0.05, 0.1) is 17.5 Å². The number of benzene rings is 1. The van der Waals surface area contributed by atoms with Gasteiger partial charge in [-0.05, 0) is 23.8 Å². The summed E-state index contributed by atoms with van der Waals surface area (Å²) in [6.07, 6.45) is 10.1. The molecule has 0 fully saturated rings. The second-order valence-electron chi connectivity index (χ2n) is 5.80. The lowest BCUT2D eigenvalue weighted by Crippen LogP contribution is -2.01. The van der Waals surface area contributed by atoms with Crippen molar-refractivity contribution in [2.24, 2.45) is 0 Å². The molecule has 0 spiro atoms. The zero-order chi connectivity index (χ0) is 17.4. The SMILES string of the molecule is CS(=O)(=O)Cc1ccc(-n2ccnc2-c2cnn3cccnc23)cc1. The van der Waals surface area contributed by atoms with E-state index in [0.29, 0.717) is 0 Å². The van der Waals surface area contributed by atoms with Crippen molar-refractivity contribution in [1.82, 2.24) is 24.1 Å². The van der Waals surface area contributed by atoms with E-state index in [1.807, 2.05) is 47.3 Å². The molecule has 3 heterocycles. The standard InChI is InChI=1S/C17H15N5O2S/c1-25(23,24)12-13-3-5-14(6-4-13)21-10-8-19-16(21)15-11-20-22-9-2-7-18-17(15)22/h2-11H,12H2,1H3. The highest BCUT2D eigenvalue weighted by Crippen LogP contribution is 2.24. The van der Waals surface area contributed by atoms with Gasteiger partial charge < -0.3 is 0 Å². The molecular weight excluding hydrogens is 338 g/mol. The molecule has 0 N–H and O–H groups in total. The van der Waals surface area contributed by atoms with Crippen LogP contribution in [0.1, 0.15) is 5.56 Å². The van der Waals surface area contributed by atoms with Crippen LogP contribution < -0.4 is 0 Å². The van der Waals surface area contributed by atoms with Crippen LogP contribution in [0.25, 0.3) is 22.7 Å². The van der Waals surface area contributed by atoms with Crippen molar-refractivity contribution in [3.63, 3.8) is 0 Å². The Kier molecular flexibility index (Phi) is 3.61. The molecular formula is C17H15N5O2S. The van der Waals surface area contributed by atoms with E-state index in [0.717, 1.165) is 28.3 Å². The van der Waals surface area contributed by atoms with Gasteiger partial charge in [0.15, 0.2) is 15.5 Å². The zero-order valence-corrected chi connectivity index (χ0v) is 14.3. The van der Waals surface area contributed by atoms with Gasteiger partial charge in [0.2, 0.25) is 0 Å². The van der Waals surface area contributed by atoms with Crippen LogP contribution in [0.3, 0.4) is 0 Å². The number of imidazole rings is 1.